The van der Waals surface area contributed by atoms with E-state index in [1.54, 1.807) is 10.9 Å². The van der Waals surface area contributed by atoms with Crippen LogP contribution >= 0.6 is 0 Å². The number of aromatic nitrogens is 4. The Morgan fingerprint density at radius 1 is 1.23 bits per heavy atom. The van der Waals surface area contributed by atoms with Gasteiger partial charge in [0.15, 0.2) is 0 Å². The number of rotatable bonds is 5. The van der Waals surface area contributed by atoms with Crippen LogP contribution in [0.2, 0.25) is 0 Å². The van der Waals surface area contributed by atoms with Crippen LogP contribution in [0.1, 0.15) is 49.4 Å². The van der Waals surface area contributed by atoms with Gasteiger partial charge in [0.2, 0.25) is 0 Å². The molecule has 0 bridgehead atoms. The second-order valence-corrected chi connectivity index (χ2v) is 7.61. The molecule has 2 aliphatic heterocycles. The van der Waals surface area contributed by atoms with Crippen molar-refractivity contribution in [1.82, 2.24) is 29.4 Å². The summed E-state index contributed by atoms with van der Waals surface area (Å²) in [4.78, 5) is 5.20. The number of aryl methyl sites for hydroxylation is 1. The predicted octanol–water partition coefficient (Wildman–Crippen LogP) is 1.39. The number of piperidine rings is 1. The van der Waals surface area contributed by atoms with E-state index in [9.17, 15) is 5.11 Å². The summed E-state index contributed by atoms with van der Waals surface area (Å²) in [5.74, 6) is 0. The van der Waals surface area contributed by atoms with Crippen LogP contribution in [0, 0.1) is 0 Å². The lowest BCUT2D eigenvalue weighted by Gasteiger charge is -2.40. The number of nitrogens with zero attached hydrogens (tertiary/aromatic N) is 6. The van der Waals surface area contributed by atoms with Crippen molar-refractivity contribution in [3.05, 3.63) is 35.4 Å². The van der Waals surface area contributed by atoms with Gasteiger partial charge in [0.25, 0.3) is 0 Å². The molecule has 1 fully saturated rings. The van der Waals surface area contributed by atoms with Crippen molar-refractivity contribution in [2.24, 2.45) is 7.05 Å². The van der Waals surface area contributed by atoms with E-state index in [-0.39, 0.29) is 0 Å². The molecule has 1 N–H and O–H groups in total. The Labute approximate surface area is 155 Å². The van der Waals surface area contributed by atoms with Gasteiger partial charge in [-0.05, 0) is 51.0 Å². The first-order chi connectivity index (χ1) is 12.7. The molecule has 2 aliphatic rings. The van der Waals surface area contributed by atoms with Crippen molar-refractivity contribution < 1.29 is 5.11 Å². The third-order valence-corrected chi connectivity index (χ3v) is 5.88. The molecular formula is C19H30N6O. The molecule has 142 valence electrons. The van der Waals surface area contributed by atoms with Crippen molar-refractivity contribution in [2.45, 2.75) is 51.4 Å². The van der Waals surface area contributed by atoms with E-state index < -0.39 is 6.10 Å². The van der Waals surface area contributed by atoms with Gasteiger partial charge in [0.05, 0.1) is 23.6 Å². The molecule has 1 atom stereocenters. The van der Waals surface area contributed by atoms with Crippen molar-refractivity contribution in [1.29, 1.82) is 0 Å². The highest BCUT2D eigenvalue weighted by Gasteiger charge is 2.29. The minimum atomic E-state index is -0.716. The Morgan fingerprint density at radius 3 is 2.73 bits per heavy atom. The van der Waals surface area contributed by atoms with E-state index in [1.807, 2.05) is 13.1 Å². The summed E-state index contributed by atoms with van der Waals surface area (Å²) in [6.07, 6.45) is 4.76. The third kappa shape index (κ3) is 3.43. The first kappa shape index (κ1) is 17.7. The maximum Gasteiger partial charge on any atom is 0.139 e. The molecule has 0 saturated carbocycles. The molecule has 0 amide bonds. The number of aliphatic hydroxyl groups excluding tert-OH is 1. The first-order valence-electron chi connectivity index (χ1n) is 9.84. The average Bonchev–Trinajstić information content (AvgIpc) is 3.27. The highest BCUT2D eigenvalue weighted by molar-refractivity contribution is 5.22. The normalized spacial score (nSPS) is 21.0. The fraction of sp³-hybridized carbons (Fsp3) is 0.684. The summed E-state index contributed by atoms with van der Waals surface area (Å²) in [7, 11) is 1.85. The summed E-state index contributed by atoms with van der Waals surface area (Å²) in [5, 5.41) is 19.5. The van der Waals surface area contributed by atoms with E-state index in [4.69, 9.17) is 0 Å². The van der Waals surface area contributed by atoms with Crippen LogP contribution in [0.25, 0.3) is 0 Å². The molecule has 26 heavy (non-hydrogen) atoms. The fourth-order valence-electron chi connectivity index (χ4n) is 4.38. The molecule has 0 aromatic carbocycles. The van der Waals surface area contributed by atoms with Crippen LogP contribution < -0.4 is 0 Å². The zero-order valence-corrected chi connectivity index (χ0v) is 15.9. The molecule has 7 heteroatoms. The van der Waals surface area contributed by atoms with Gasteiger partial charge in [0, 0.05) is 32.4 Å². The monoisotopic (exact) mass is 358 g/mol. The number of fused-ring (bicyclic) bond motifs is 1. The van der Waals surface area contributed by atoms with Crippen molar-refractivity contribution in [2.75, 3.05) is 26.2 Å². The Hall–Kier alpha value is -1.70. The summed E-state index contributed by atoms with van der Waals surface area (Å²) < 4.78 is 3.77. The van der Waals surface area contributed by atoms with Crippen molar-refractivity contribution >= 4 is 0 Å². The summed E-state index contributed by atoms with van der Waals surface area (Å²) in [5.41, 5.74) is 2.72. The van der Waals surface area contributed by atoms with Crippen LogP contribution in [-0.2, 0) is 20.1 Å². The van der Waals surface area contributed by atoms with Crippen molar-refractivity contribution in [3.8, 4) is 0 Å². The van der Waals surface area contributed by atoms with Crippen LogP contribution in [0.15, 0.2) is 18.3 Å². The fourth-order valence-corrected chi connectivity index (χ4v) is 4.38. The van der Waals surface area contributed by atoms with E-state index >= 15 is 0 Å². The number of hydrogen-bond donors (Lipinski definition) is 1. The van der Waals surface area contributed by atoms with Crippen LogP contribution in [0.4, 0.5) is 0 Å². The van der Waals surface area contributed by atoms with Gasteiger partial charge in [0.1, 0.15) is 6.10 Å². The second-order valence-electron chi connectivity index (χ2n) is 7.61. The molecule has 1 saturated heterocycles. The van der Waals surface area contributed by atoms with Gasteiger partial charge in [-0.25, -0.2) is 0 Å². The van der Waals surface area contributed by atoms with Crippen LogP contribution in [0.5, 0.6) is 0 Å². The SMILES string of the molecule is CCCN1CCC(N2CCn3nc([C@H](O)c4ccnn4C)cc3C2)CC1. The molecule has 0 aliphatic carbocycles. The molecule has 2 aromatic heterocycles. The molecule has 4 heterocycles. The lowest BCUT2D eigenvalue weighted by molar-refractivity contribution is 0.0848. The molecule has 2 aromatic rings. The Bertz CT molecular complexity index is 730. The van der Waals surface area contributed by atoms with Gasteiger partial charge in [-0.2, -0.15) is 10.2 Å². The van der Waals surface area contributed by atoms with Gasteiger partial charge in [-0.1, -0.05) is 6.92 Å². The number of likely N-dealkylation sites (tertiary alicyclic amines) is 1. The highest BCUT2D eigenvalue weighted by Crippen LogP contribution is 2.26. The van der Waals surface area contributed by atoms with Gasteiger partial charge in [-0.15, -0.1) is 0 Å². The maximum absolute atomic E-state index is 10.6. The molecular weight excluding hydrogens is 328 g/mol. The smallest absolute Gasteiger partial charge is 0.139 e. The van der Waals surface area contributed by atoms with Crippen LogP contribution in [-0.4, -0.2) is 66.7 Å². The average molecular weight is 358 g/mol. The first-order valence-corrected chi connectivity index (χ1v) is 9.84. The zero-order chi connectivity index (χ0) is 18.1. The Balaban J connectivity index is 1.42. The van der Waals surface area contributed by atoms with Gasteiger partial charge < -0.3 is 10.0 Å². The Morgan fingerprint density at radius 2 is 2.04 bits per heavy atom. The lowest BCUT2D eigenvalue weighted by atomic mass is 10.0. The van der Waals surface area contributed by atoms with Gasteiger partial charge >= 0.3 is 0 Å². The van der Waals surface area contributed by atoms with E-state index in [2.05, 4.69) is 37.7 Å². The molecule has 0 radical (unpaired) electrons. The number of aliphatic hydroxyl groups is 1. The predicted molar refractivity (Wildman–Crippen MR) is 99.7 cm³/mol. The highest BCUT2D eigenvalue weighted by atomic mass is 16.3. The molecule has 0 unspecified atom stereocenters. The third-order valence-electron chi connectivity index (χ3n) is 5.88. The zero-order valence-electron chi connectivity index (χ0n) is 15.9. The molecule has 0 spiro atoms. The van der Waals surface area contributed by atoms with Crippen molar-refractivity contribution in [3.63, 3.8) is 0 Å². The Kier molecular flexibility index (Phi) is 5.11. The van der Waals surface area contributed by atoms with Gasteiger partial charge in [-0.3, -0.25) is 14.3 Å². The second kappa shape index (κ2) is 7.50. The molecule has 7 nitrogen and oxygen atoms in total. The maximum atomic E-state index is 10.6. The van der Waals surface area contributed by atoms with E-state index in [0.29, 0.717) is 6.04 Å². The lowest BCUT2D eigenvalue weighted by Crippen LogP contribution is -2.47. The largest absolute Gasteiger partial charge is 0.380 e. The topological polar surface area (TPSA) is 62.4 Å². The minimum Gasteiger partial charge on any atom is -0.380 e. The van der Waals surface area contributed by atoms with E-state index in [1.165, 1.54) is 44.6 Å². The summed E-state index contributed by atoms with van der Waals surface area (Å²) in [6.45, 7) is 8.82. The number of hydrogen-bond acceptors (Lipinski definition) is 5. The molecule has 4 rings (SSSR count). The van der Waals surface area contributed by atoms with Crippen LogP contribution in [0.3, 0.4) is 0 Å². The van der Waals surface area contributed by atoms with E-state index in [0.717, 1.165) is 31.0 Å². The minimum absolute atomic E-state index is 0.678. The summed E-state index contributed by atoms with van der Waals surface area (Å²) in [6, 6.07) is 4.59. The standard InChI is InChI=1S/C19H30N6O/c1-3-8-23-9-5-15(6-10-23)24-11-12-25-16(14-24)13-17(21-25)19(26)18-4-7-20-22(18)2/h4,7,13,15,19,26H,3,5-6,8-12,14H2,1-2H3/t19-/m0/s1. The summed E-state index contributed by atoms with van der Waals surface area (Å²) >= 11 is 0. The quantitative estimate of drug-likeness (QED) is 0.875.